The number of carbonyl (C=O) groups excluding carboxylic acids is 2. The lowest BCUT2D eigenvalue weighted by atomic mass is 9.96. The summed E-state index contributed by atoms with van der Waals surface area (Å²) in [5, 5.41) is 5.42. The highest BCUT2D eigenvalue weighted by molar-refractivity contribution is 5.90. The molecule has 0 saturated carbocycles. The molecule has 0 aliphatic heterocycles. The highest BCUT2D eigenvalue weighted by Crippen LogP contribution is 2.14. The molecule has 21 heavy (non-hydrogen) atoms. The minimum absolute atomic E-state index is 0.0384. The summed E-state index contributed by atoms with van der Waals surface area (Å²) in [5.74, 6) is -0.572. The van der Waals surface area contributed by atoms with Crippen LogP contribution in [-0.4, -0.2) is 18.4 Å². The van der Waals surface area contributed by atoms with Gasteiger partial charge in [0.15, 0.2) is 0 Å². The zero-order valence-corrected chi connectivity index (χ0v) is 13.0. The van der Waals surface area contributed by atoms with Crippen LogP contribution in [-0.2, 0) is 9.59 Å². The number of benzene rings is 1. The van der Waals surface area contributed by atoms with Crippen molar-refractivity contribution < 1.29 is 14.0 Å². The van der Waals surface area contributed by atoms with Gasteiger partial charge in [-0.1, -0.05) is 26.8 Å². The van der Waals surface area contributed by atoms with Gasteiger partial charge in [0, 0.05) is 24.1 Å². The van der Waals surface area contributed by atoms with Crippen LogP contribution in [0, 0.1) is 18.2 Å². The second kappa shape index (κ2) is 7.20. The molecule has 2 amide bonds. The number of amides is 2. The minimum Gasteiger partial charge on any atom is -0.356 e. The van der Waals surface area contributed by atoms with E-state index in [2.05, 4.69) is 10.6 Å². The Hall–Kier alpha value is -1.91. The van der Waals surface area contributed by atoms with E-state index >= 15 is 0 Å². The average molecular weight is 294 g/mol. The van der Waals surface area contributed by atoms with E-state index in [4.69, 9.17) is 0 Å². The van der Waals surface area contributed by atoms with Gasteiger partial charge in [0.2, 0.25) is 11.8 Å². The van der Waals surface area contributed by atoms with Gasteiger partial charge in [-0.2, -0.15) is 0 Å². The number of hydrogen-bond acceptors (Lipinski definition) is 2. The number of aryl methyl sites for hydroxylation is 1. The van der Waals surface area contributed by atoms with E-state index in [1.54, 1.807) is 19.1 Å². The molecule has 0 unspecified atom stereocenters. The van der Waals surface area contributed by atoms with Gasteiger partial charge >= 0.3 is 0 Å². The second-order valence-corrected chi connectivity index (χ2v) is 6.12. The molecule has 5 heteroatoms. The summed E-state index contributed by atoms with van der Waals surface area (Å²) in [4.78, 5) is 23.3. The fraction of sp³-hybridized carbons (Fsp3) is 0.500. The Bertz CT molecular complexity index is 521. The molecule has 0 heterocycles. The first-order valence-corrected chi connectivity index (χ1v) is 7.04. The van der Waals surface area contributed by atoms with E-state index in [-0.39, 0.29) is 24.1 Å². The zero-order chi connectivity index (χ0) is 16.0. The van der Waals surface area contributed by atoms with Crippen LogP contribution < -0.4 is 10.6 Å². The largest absolute Gasteiger partial charge is 0.356 e. The maximum Gasteiger partial charge on any atom is 0.225 e. The van der Waals surface area contributed by atoms with Crippen LogP contribution in [0.25, 0.3) is 0 Å². The molecule has 0 aromatic heterocycles. The lowest BCUT2D eigenvalue weighted by Crippen LogP contribution is -2.35. The van der Waals surface area contributed by atoms with Crippen LogP contribution in [0.1, 0.15) is 39.2 Å². The summed E-state index contributed by atoms with van der Waals surface area (Å²) < 4.78 is 13.3. The Balaban J connectivity index is 2.32. The molecule has 1 aromatic rings. The Morgan fingerprint density at radius 3 is 2.48 bits per heavy atom. The predicted octanol–water partition coefficient (Wildman–Crippen LogP) is 3.02. The molecule has 0 aliphatic carbocycles. The Labute approximate surface area is 125 Å². The molecular formula is C16H23FN2O2. The molecular weight excluding hydrogens is 271 g/mol. The quantitative estimate of drug-likeness (QED) is 0.820. The molecule has 1 aromatic carbocycles. The van der Waals surface area contributed by atoms with Crippen LogP contribution in [0.5, 0.6) is 0 Å². The van der Waals surface area contributed by atoms with Crippen molar-refractivity contribution in [2.24, 2.45) is 5.41 Å². The Kier molecular flexibility index (Phi) is 5.88. The topological polar surface area (TPSA) is 58.2 Å². The van der Waals surface area contributed by atoms with Crippen LogP contribution in [0.15, 0.2) is 18.2 Å². The van der Waals surface area contributed by atoms with Gasteiger partial charge in [0.05, 0.1) is 0 Å². The van der Waals surface area contributed by atoms with Gasteiger partial charge in [-0.05, 0) is 31.0 Å². The van der Waals surface area contributed by atoms with Crippen molar-refractivity contribution in [2.75, 3.05) is 11.9 Å². The number of rotatable bonds is 5. The summed E-state index contributed by atoms with van der Waals surface area (Å²) in [6.45, 7) is 7.62. The van der Waals surface area contributed by atoms with E-state index in [9.17, 15) is 14.0 Å². The molecule has 116 valence electrons. The number of hydrogen-bond donors (Lipinski definition) is 2. The van der Waals surface area contributed by atoms with E-state index in [0.717, 1.165) is 0 Å². The average Bonchev–Trinajstić information content (AvgIpc) is 2.37. The lowest BCUT2D eigenvalue weighted by molar-refractivity contribution is -0.128. The summed E-state index contributed by atoms with van der Waals surface area (Å²) in [6.07, 6.45) is 0.821. The van der Waals surface area contributed by atoms with Crippen molar-refractivity contribution in [3.8, 4) is 0 Å². The van der Waals surface area contributed by atoms with Crippen molar-refractivity contribution in [3.63, 3.8) is 0 Å². The van der Waals surface area contributed by atoms with Gasteiger partial charge in [0.1, 0.15) is 5.82 Å². The first kappa shape index (κ1) is 17.1. The molecule has 4 nitrogen and oxygen atoms in total. The van der Waals surface area contributed by atoms with Gasteiger partial charge < -0.3 is 10.6 Å². The maximum atomic E-state index is 13.3. The fourth-order valence-electron chi connectivity index (χ4n) is 1.61. The normalized spacial score (nSPS) is 11.1. The van der Waals surface area contributed by atoms with Gasteiger partial charge in [-0.3, -0.25) is 9.59 Å². The van der Waals surface area contributed by atoms with Crippen LogP contribution in [0.4, 0.5) is 10.1 Å². The highest BCUT2D eigenvalue weighted by atomic mass is 19.1. The molecule has 2 N–H and O–H groups in total. The minimum atomic E-state index is -0.429. The summed E-state index contributed by atoms with van der Waals surface area (Å²) in [7, 11) is 0. The van der Waals surface area contributed by atoms with E-state index in [1.165, 1.54) is 6.07 Å². The summed E-state index contributed by atoms with van der Waals surface area (Å²) in [6, 6.07) is 4.58. The standard InChI is InChI=1S/C16H23FN2O2/c1-11-7-8-12(10-13(11)17)19-14(20)6-5-9-18-15(21)16(2,3)4/h7-8,10H,5-6,9H2,1-4H3,(H,18,21)(H,19,20). The Morgan fingerprint density at radius 1 is 1.24 bits per heavy atom. The number of anilines is 1. The van der Waals surface area contributed by atoms with Gasteiger partial charge in [-0.25, -0.2) is 4.39 Å². The summed E-state index contributed by atoms with van der Waals surface area (Å²) >= 11 is 0. The third-order valence-electron chi connectivity index (χ3n) is 3.00. The molecule has 0 atom stereocenters. The van der Waals surface area contributed by atoms with Gasteiger partial charge in [0.25, 0.3) is 0 Å². The van der Waals surface area contributed by atoms with Crippen molar-refractivity contribution in [2.45, 2.75) is 40.5 Å². The maximum absolute atomic E-state index is 13.3. The van der Waals surface area contributed by atoms with E-state index in [0.29, 0.717) is 24.2 Å². The smallest absolute Gasteiger partial charge is 0.225 e. The first-order valence-electron chi connectivity index (χ1n) is 7.04. The number of carbonyl (C=O) groups is 2. The molecule has 0 aliphatic rings. The molecule has 0 saturated heterocycles. The van der Waals surface area contributed by atoms with Crippen LogP contribution >= 0.6 is 0 Å². The second-order valence-electron chi connectivity index (χ2n) is 6.12. The van der Waals surface area contributed by atoms with Gasteiger partial charge in [-0.15, -0.1) is 0 Å². The molecule has 0 bridgehead atoms. The number of halogens is 1. The van der Waals surface area contributed by atoms with Crippen LogP contribution in [0.3, 0.4) is 0 Å². The SMILES string of the molecule is Cc1ccc(NC(=O)CCCNC(=O)C(C)(C)C)cc1F. The highest BCUT2D eigenvalue weighted by Gasteiger charge is 2.20. The molecule has 0 fully saturated rings. The first-order chi connectivity index (χ1) is 9.70. The monoisotopic (exact) mass is 294 g/mol. The number of nitrogens with one attached hydrogen (secondary N) is 2. The van der Waals surface area contributed by atoms with Crippen molar-refractivity contribution >= 4 is 17.5 Å². The van der Waals surface area contributed by atoms with Crippen LogP contribution in [0.2, 0.25) is 0 Å². The van der Waals surface area contributed by atoms with Crippen molar-refractivity contribution in [3.05, 3.63) is 29.6 Å². The fourth-order valence-corrected chi connectivity index (χ4v) is 1.61. The van der Waals surface area contributed by atoms with E-state index in [1.807, 2.05) is 20.8 Å². The van der Waals surface area contributed by atoms with Crippen molar-refractivity contribution in [1.29, 1.82) is 0 Å². The molecule has 0 spiro atoms. The van der Waals surface area contributed by atoms with Crippen molar-refractivity contribution in [1.82, 2.24) is 5.32 Å². The predicted molar refractivity (Wildman–Crippen MR) is 81.5 cm³/mol. The Morgan fingerprint density at radius 2 is 1.90 bits per heavy atom. The lowest BCUT2D eigenvalue weighted by Gasteiger charge is -2.17. The zero-order valence-electron chi connectivity index (χ0n) is 13.0. The van der Waals surface area contributed by atoms with E-state index < -0.39 is 5.41 Å². The summed E-state index contributed by atoms with van der Waals surface area (Å²) in [5.41, 5.74) is 0.557. The molecule has 1 rings (SSSR count). The third-order valence-corrected chi connectivity index (χ3v) is 3.00. The molecule has 0 radical (unpaired) electrons. The third kappa shape index (κ3) is 5.94.